The van der Waals surface area contributed by atoms with Crippen molar-refractivity contribution in [3.05, 3.63) is 23.8 Å². The van der Waals surface area contributed by atoms with Crippen LogP contribution in [-0.2, 0) is 14.8 Å². The van der Waals surface area contributed by atoms with Crippen LogP contribution in [0.5, 0.6) is 0 Å². The highest BCUT2D eigenvalue weighted by Crippen LogP contribution is 2.21. The van der Waals surface area contributed by atoms with Crippen LogP contribution in [0.25, 0.3) is 0 Å². The molecule has 0 radical (unpaired) electrons. The maximum Gasteiger partial charge on any atom is 0.243 e. The number of aryl methyl sites for hydroxylation is 1. The van der Waals surface area contributed by atoms with Crippen molar-refractivity contribution in [2.75, 3.05) is 25.9 Å². The second kappa shape index (κ2) is 6.03. The maximum absolute atomic E-state index is 12.5. The molecule has 0 aromatic heterocycles. The highest BCUT2D eigenvalue weighted by Gasteiger charge is 2.26. The van der Waals surface area contributed by atoms with Gasteiger partial charge in [0.25, 0.3) is 0 Å². The second-order valence-electron chi connectivity index (χ2n) is 4.13. The van der Waals surface area contributed by atoms with Gasteiger partial charge in [-0.05, 0) is 30.7 Å². The van der Waals surface area contributed by atoms with E-state index in [1.165, 1.54) is 19.2 Å². The van der Waals surface area contributed by atoms with Crippen LogP contribution in [0.2, 0.25) is 0 Å². The van der Waals surface area contributed by atoms with Crippen molar-refractivity contribution in [1.29, 1.82) is 0 Å². The lowest BCUT2D eigenvalue weighted by Crippen LogP contribution is -2.39. The van der Waals surface area contributed by atoms with Gasteiger partial charge in [-0.15, -0.1) is 0 Å². The number of rotatable bonds is 5. The zero-order chi connectivity index (χ0) is 14.6. The van der Waals surface area contributed by atoms with Gasteiger partial charge in [-0.1, -0.05) is 6.92 Å². The molecule has 0 spiro atoms. The number of sulfonamides is 1. The van der Waals surface area contributed by atoms with E-state index < -0.39 is 10.0 Å². The molecule has 0 aliphatic rings. The quantitative estimate of drug-likeness (QED) is 0.763. The first-order valence-corrected chi connectivity index (χ1v) is 7.33. The van der Waals surface area contributed by atoms with E-state index in [0.717, 1.165) is 4.31 Å². The number of likely N-dealkylation sites (N-methyl/N-ethyl adjacent to an activating group) is 2. The largest absolute Gasteiger partial charge is 0.399 e. The van der Waals surface area contributed by atoms with Gasteiger partial charge in [0.15, 0.2) is 0 Å². The molecule has 0 saturated carbocycles. The van der Waals surface area contributed by atoms with Crippen LogP contribution in [0.1, 0.15) is 12.5 Å². The highest BCUT2D eigenvalue weighted by atomic mass is 32.2. The summed E-state index contributed by atoms with van der Waals surface area (Å²) >= 11 is 0. The van der Waals surface area contributed by atoms with Gasteiger partial charge in [0.2, 0.25) is 15.9 Å². The second-order valence-corrected chi connectivity index (χ2v) is 6.04. The molecule has 0 bridgehead atoms. The molecule has 0 aliphatic heterocycles. The molecule has 0 heterocycles. The zero-order valence-electron chi connectivity index (χ0n) is 11.3. The predicted molar refractivity (Wildman–Crippen MR) is 74.1 cm³/mol. The van der Waals surface area contributed by atoms with Crippen LogP contribution < -0.4 is 11.1 Å². The van der Waals surface area contributed by atoms with Crippen LogP contribution in [0.3, 0.4) is 0 Å². The Balaban J connectivity index is 3.17. The van der Waals surface area contributed by atoms with E-state index in [1.54, 1.807) is 19.9 Å². The Morgan fingerprint density at radius 2 is 2.05 bits per heavy atom. The first-order chi connectivity index (χ1) is 8.82. The van der Waals surface area contributed by atoms with Crippen molar-refractivity contribution < 1.29 is 13.2 Å². The predicted octanol–water partition coefficient (Wildman–Crippen LogP) is 0.334. The topological polar surface area (TPSA) is 92.5 Å². The smallest absolute Gasteiger partial charge is 0.243 e. The van der Waals surface area contributed by atoms with Crippen LogP contribution >= 0.6 is 0 Å². The number of nitrogens with one attached hydrogen (secondary N) is 1. The molecular formula is C12H19N3O3S. The molecule has 19 heavy (non-hydrogen) atoms. The van der Waals surface area contributed by atoms with Crippen molar-refractivity contribution in [2.45, 2.75) is 18.7 Å². The lowest BCUT2D eigenvalue weighted by Gasteiger charge is -2.20. The molecule has 1 aromatic carbocycles. The molecular weight excluding hydrogens is 266 g/mol. The Morgan fingerprint density at radius 1 is 1.42 bits per heavy atom. The Morgan fingerprint density at radius 3 is 2.53 bits per heavy atom. The third kappa shape index (κ3) is 3.45. The fraction of sp³-hybridized carbons (Fsp3) is 0.417. The minimum absolute atomic E-state index is 0.174. The van der Waals surface area contributed by atoms with Crippen molar-refractivity contribution in [3.63, 3.8) is 0 Å². The van der Waals surface area contributed by atoms with E-state index in [0.29, 0.717) is 11.3 Å². The summed E-state index contributed by atoms with van der Waals surface area (Å²) in [5.41, 5.74) is 6.68. The number of hydrogen-bond donors (Lipinski definition) is 2. The summed E-state index contributed by atoms with van der Waals surface area (Å²) in [6.07, 6.45) is 0. The number of carbonyl (C=O) groups is 1. The summed E-state index contributed by atoms with van der Waals surface area (Å²) in [6, 6.07) is 4.60. The van der Waals surface area contributed by atoms with Gasteiger partial charge in [-0.3, -0.25) is 4.79 Å². The van der Waals surface area contributed by atoms with Gasteiger partial charge in [0.05, 0.1) is 11.4 Å². The SMILES string of the molecule is CCN(CC(=O)NC)S(=O)(=O)c1ccc(N)cc1C. The van der Waals surface area contributed by atoms with Gasteiger partial charge in [0, 0.05) is 19.3 Å². The van der Waals surface area contributed by atoms with Crippen LogP contribution in [0.15, 0.2) is 23.1 Å². The van der Waals surface area contributed by atoms with E-state index in [2.05, 4.69) is 5.32 Å². The summed E-state index contributed by atoms with van der Waals surface area (Å²) in [7, 11) is -2.22. The molecule has 1 aromatic rings. The normalized spacial score (nSPS) is 11.6. The summed E-state index contributed by atoms with van der Waals surface area (Å²) in [5.74, 6) is -0.349. The molecule has 0 fully saturated rings. The minimum atomic E-state index is -3.69. The van der Waals surface area contributed by atoms with Gasteiger partial charge >= 0.3 is 0 Å². The molecule has 7 heteroatoms. The molecule has 0 saturated heterocycles. The summed E-state index contributed by atoms with van der Waals surface area (Å²) in [4.78, 5) is 11.5. The monoisotopic (exact) mass is 285 g/mol. The van der Waals surface area contributed by atoms with E-state index in [-0.39, 0.29) is 23.9 Å². The van der Waals surface area contributed by atoms with Gasteiger partial charge in [-0.25, -0.2) is 8.42 Å². The van der Waals surface area contributed by atoms with Crippen molar-refractivity contribution in [1.82, 2.24) is 9.62 Å². The van der Waals surface area contributed by atoms with Crippen LogP contribution in [0, 0.1) is 6.92 Å². The van der Waals surface area contributed by atoms with E-state index >= 15 is 0 Å². The van der Waals surface area contributed by atoms with Gasteiger partial charge in [0.1, 0.15) is 0 Å². The molecule has 0 atom stereocenters. The molecule has 3 N–H and O–H groups in total. The van der Waals surface area contributed by atoms with Crippen LogP contribution in [0.4, 0.5) is 5.69 Å². The lowest BCUT2D eigenvalue weighted by molar-refractivity contribution is -0.120. The minimum Gasteiger partial charge on any atom is -0.399 e. The first-order valence-electron chi connectivity index (χ1n) is 5.89. The Hall–Kier alpha value is -1.60. The number of nitrogens with two attached hydrogens (primary N) is 1. The fourth-order valence-corrected chi connectivity index (χ4v) is 3.32. The number of hydrogen-bond acceptors (Lipinski definition) is 4. The van der Waals surface area contributed by atoms with Gasteiger partial charge in [-0.2, -0.15) is 4.31 Å². The fourth-order valence-electron chi connectivity index (χ4n) is 1.71. The average Bonchev–Trinajstić information content (AvgIpc) is 2.34. The maximum atomic E-state index is 12.5. The van der Waals surface area contributed by atoms with E-state index in [4.69, 9.17) is 5.73 Å². The van der Waals surface area contributed by atoms with Crippen LogP contribution in [-0.4, -0.2) is 38.8 Å². The van der Waals surface area contributed by atoms with E-state index in [9.17, 15) is 13.2 Å². The third-order valence-corrected chi connectivity index (χ3v) is 4.85. The number of amides is 1. The van der Waals surface area contributed by atoms with Crippen molar-refractivity contribution in [2.24, 2.45) is 0 Å². The van der Waals surface area contributed by atoms with Crippen molar-refractivity contribution >= 4 is 21.6 Å². The average molecular weight is 285 g/mol. The third-order valence-electron chi connectivity index (χ3n) is 2.77. The number of nitrogens with zero attached hydrogens (tertiary/aromatic N) is 1. The molecule has 1 amide bonds. The molecule has 0 aliphatic carbocycles. The summed E-state index contributed by atoms with van der Waals surface area (Å²) in [5, 5.41) is 2.41. The lowest BCUT2D eigenvalue weighted by atomic mass is 10.2. The van der Waals surface area contributed by atoms with Crippen molar-refractivity contribution in [3.8, 4) is 0 Å². The Kier molecular flexibility index (Phi) is 4.90. The first kappa shape index (κ1) is 15.5. The number of benzene rings is 1. The highest BCUT2D eigenvalue weighted by molar-refractivity contribution is 7.89. The Bertz CT molecular complexity index is 570. The molecule has 1 rings (SSSR count). The van der Waals surface area contributed by atoms with Gasteiger partial charge < -0.3 is 11.1 Å². The number of nitrogen functional groups attached to an aromatic ring is 1. The zero-order valence-corrected chi connectivity index (χ0v) is 12.1. The molecule has 0 unspecified atom stereocenters. The number of carbonyl (C=O) groups excluding carboxylic acids is 1. The summed E-state index contributed by atoms with van der Waals surface area (Å²) < 4.78 is 26.0. The standard InChI is InChI=1S/C12H19N3O3S/c1-4-15(8-12(16)14-3)19(17,18)11-6-5-10(13)7-9(11)2/h5-7H,4,8,13H2,1-3H3,(H,14,16). The Labute approximate surface area is 113 Å². The van der Waals surface area contributed by atoms with E-state index in [1.807, 2.05) is 0 Å². The molecule has 6 nitrogen and oxygen atoms in total. The summed E-state index contributed by atoms with van der Waals surface area (Å²) in [6.45, 7) is 3.39. The molecule has 106 valence electrons. The number of anilines is 1.